The highest BCUT2D eigenvalue weighted by atomic mass is 19.1. The summed E-state index contributed by atoms with van der Waals surface area (Å²) >= 11 is 0. The van der Waals surface area contributed by atoms with E-state index in [1.54, 1.807) is 17.0 Å². The van der Waals surface area contributed by atoms with Crippen LogP contribution in [0.4, 0.5) is 14.9 Å². The molecule has 0 aliphatic carbocycles. The second kappa shape index (κ2) is 9.69. The average Bonchev–Trinajstić information content (AvgIpc) is 2.84. The SMILES string of the molecule is O=C(NCCCN1CCCCCC1)NC1CC(=O)N(c2ccc(F)cc2)C1. The summed E-state index contributed by atoms with van der Waals surface area (Å²) in [6.07, 6.45) is 6.39. The lowest BCUT2D eigenvalue weighted by molar-refractivity contribution is -0.117. The van der Waals surface area contributed by atoms with Crippen LogP contribution in [0.15, 0.2) is 24.3 Å². The summed E-state index contributed by atoms with van der Waals surface area (Å²) in [5.41, 5.74) is 0.656. The van der Waals surface area contributed by atoms with Gasteiger partial charge in [-0.1, -0.05) is 12.8 Å². The maximum absolute atomic E-state index is 13.0. The van der Waals surface area contributed by atoms with Gasteiger partial charge in [-0.3, -0.25) is 4.79 Å². The van der Waals surface area contributed by atoms with Crippen LogP contribution < -0.4 is 15.5 Å². The molecule has 2 aliphatic heterocycles. The summed E-state index contributed by atoms with van der Waals surface area (Å²) in [6.45, 7) is 4.38. The van der Waals surface area contributed by atoms with E-state index >= 15 is 0 Å². The summed E-state index contributed by atoms with van der Waals surface area (Å²) in [7, 11) is 0. The number of nitrogens with zero attached hydrogens (tertiary/aromatic N) is 2. The standard InChI is InChI=1S/C20H29FN4O2/c21-16-6-8-18(9-7-16)25-15-17(14-19(25)26)23-20(27)22-10-5-13-24-11-3-1-2-4-12-24/h6-9,17H,1-5,10-15H2,(H2,22,23,27). The van der Waals surface area contributed by atoms with Gasteiger partial charge < -0.3 is 20.4 Å². The van der Waals surface area contributed by atoms with Gasteiger partial charge in [0.2, 0.25) is 5.91 Å². The Balaban J connectivity index is 1.35. The van der Waals surface area contributed by atoms with Crippen molar-refractivity contribution in [1.29, 1.82) is 0 Å². The first kappa shape index (κ1) is 19.6. The number of amides is 3. The van der Waals surface area contributed by atoms with Gasteiger partial charge in [0, 0.05) is 25.2 Å². The van der Waals surface area contributed by atoms with Crippen LogP contribution in [-0.4, -0.2) is 55.6 Å². The van der Waals surface area contributed by atoms with Crippen molar-refractivity contribution in [3.05, 3.63) is 30.1 Å². The Morgan fingerprint density at radius 3 is 2.52 bits per heavy atom. The van der Waals surface area contributed by atoms with Crippen LogP contribution >= 0.6 is 0 Å². The summed E-state index contributed by atoms with van der Waals surface area (Å²) in [5, 5.41) is 5.75. The lowest BCUT2D eigenvalue weighted by atomic mass is 10.2. The molecule has 3 rings (SSSR count). The van der Waals surface area contributed by atoms with Crippen LogP contribution in [0.1, 0.15) is 38.5 Å². The molecule has 2 heterocycles. The van der Waals surface area contributed by atoms with Crippen LogP contribution in [0.3, 0.4) is 0 Å². The molecule has 6 nitrogen and oxygen atoms in total. The molecule has 1 aromatic rings. The van der Waals surface area contributed by atoms with Crippen LogP contribution in [0.2, 0.25) is 0 Å². The van der Waals surface area contributed by atoms with E-state index in [1.165, 1.54) is 37.8 Å². The molecule has 1 unspecified atom stereocenters. The number of rotatable bonds is 6. The number of nitrogens with one attached hydrogen (secondary N) is 2. The fourth-order valence-corrected chi connectivity index (χ4v) is 3.78. The highest BCUT2D eigenvalue weighted by Gasteiger charge is 2.31. The zero-order valence-corrected chi connectivity index (χ0v) is 15.8. The maximum atomic E-state index is 13.0. The molecular formula is C20H29FN4O2. The van der Waals surface area contributed by atoms with E-state index < -0.39 is 0 Å². The van der Waals surface area contributed by atoms with Crippen LogP contribution in [0.5, 0.6) is 0 Å². The molecule has 3 amide bonds. The van der Waals surface area contributed by atoms with Crippen LogP contribution in [0, 0.1) is 5.82 Å². The van der Waals surface area contributed by atoms with Gasteiger partial charge in [-0.25, -0.2) is 9.18 Å². The lowest BCUT2D eigenvalue weighted by Crippen LogP contribution is -2.44. The Morgan fingerprint density at radius 2 is 1.81 bits per heavy atom. The fraction of sp³-hybridized carbons (Fsp3) is 0.600. The second-order valence-electron chi connectivity index (χ2n) is 7.39. The number of carbonyl (C=O) groups excluding carboxylic acids is 2. The molecule has 0 saturated carbocycles. The molecule has 2 aliphatic rings. The average molecular weight is 376 g/mol. The van der Waals surface area contributed by atoms with Crippen molar-refractivity contribution in [2.24, 2.45) is 0 Å². The fourth-order valence-electron chi connectivity index (χ4n) is 3.78. The predicted octanol–water partition coefficient (Wildman–Crippen LogP) is 2.50. The number of hydrogen-bond donors (Lipinski definition) is 2. The van der Waals surface area contributed by atoms with E-state index in [4.69, 9.17) is 0 Å². The monoisotopic (exact) mass is 376 g/mol. The first-order valence-corrected chi connectivity index (χ1v) is 9.94. The van der Waals surface area contributed by atoms with Crippen molar-refractivity contribution >= 4 is 17.6 Å². The molecule has 0 spiro atoms. The quantitative estimate of drug-likeness (QED) is 0.750. The predicted molar refractivity (Wildman–Crippen MR) is 103 cm³/mol. The molecule has 2 N–H and O–H groups in total. The van der Waals surface area contributed by atoms with Crippen LogP contribution in [-0.2, 0) is 4.79 Å². The molecule has 1 atom stereocenters. The van der Waals surface area contributed by atoms with Gasteiger partial charge >= 0.3 is 6.03 Å². The van der Waals surface area contributed by atoms with Crippen molar-refractivity contribution in [1.82, 2.24) is 15.5 Å². The van der Waals surface area contributed by atoms with E-state index in [0.29, 0.717) is 18.8 Å². The molecule has 148 valence electrons. The van der Waals surface area contributed by atoms with Gasteiger partial charge in [-0.15, -0.1) is 0 Å². The molecule has 2 fully saturated rings. The van der Waals surface area contributed by atoms with E-state index in [-0.39, 0.29) is 30.2 Å². The highest BCUT2D eigenvalue weighted by molar-refractivity contribution is 5.96. The zero-order valence-electron chi connectivity index (χ0n) is 15.8. The Kier molecular flexibility index (Phi) is 7.04. The number of carbonyl (C=O) groups is 2. The van der Waals surface area contributed by atoms with Gasteiger partial charge in [0.1, 0.15) is 5.82 Å². The Labute approximate surface area is 160 Å². The van der Waals surface area contributed by atoms with Crippen molar-refractivity contribution in [2.75, 3.05) is 37.6 Å². The molecule has 0 radical (unpaired) electrons. The van der Waals surface area contributed by atoms with Crippen LogP contribution in [0.25, 0.3) is 0 Å². The molecule has 1 aromatic carbocycles. The van der Waals surface area contributed by atoms with Gasteiger partial charge in [-0.05, 0) is 63.2 Å². The summed E-state index contributed by atoms with van der Waals surface area (Å²) in [5.74, 6) is -0.396. The minimum Gasteiger partial charge on any atom is -0.338 e. The van der Waals surface area contributed by atoms with E-state index in [0.717, 1.165) is 26.1 Å². The smallest absolute Gasteiger partial charge is 0.315 e. The third-order valence-electron chi connectivity index (χ3n) is 5.23. The Bertz CT molecular complexity index is 629. The van der Waals surface area contributed by atoms with E-state index in [2.05, 4.69) is 15.5 Å². The third-order valence-corrected chi connectivity index (χ3v) is 5.23. The summed E-state index contributed by atoms with van der Waals surface area (Å²) in [4.78, 5) is 28.3. The van der Waals surface area contributed by atoms with Crippen molar-refractivity contribution in [2.45, 2.75) is 44.6 Å². The molecule has 2 saturated heterocycles. The van der Waals surface area contributed by atoms with Crippen molar-refractivity contribution in [3.63, 3.8) is 0 Å². The highest BCUT2D eigenvalue weighted by Crippen LogP contribution is 2.21. The summed E-state index contributed by atoms with van der Waals surface area (Å²) in [6, 6.07) is 5.37. The van der Waals surface area contributed by atoms with E-state index in [1.807, 2.05) is 0 Å². The number of anilines is 1. The normalized spacial score (nSPS) is 21.1. The first-order chi connectivity index (χ1) is 13.1. The topological polar surface area (TPSA) is 64.7 Å². The number of hydrogen-bond acceptors (Lipinski definition) is 3. The minimum absolute atomic E-state index is 0.0620. The van der Waals surface area contributed by atoms with Crippen molar-refractivity contribution < 1.29 is 14.0 Å². The Hall–Kier alpha value is -2.15. The van der Waals surface area contributed by atoms with Gasteiger partial charge in [0.05, 0.1) is 6.04 Å². The zero-order chi connectivity index (χ0) is 19.1. The minimum atomic E-state index is -0.334. The summed E-state index contributed by atoms with van der Waals surface area (Å²) < 4.78 is 13.0. The van der Waals surface area contributed by atoms with Gasteiger partial charge in [0.25, 0.3) is 0 Å². The first-order valence-electron chi connectivity index (χ1n) is 9.94. The van der Waals surface area contributed by atoms with E-state index in [9.17, 15) is 14.0 Å². The Morgan fingerprint density at radius 1 is 1.11 bits per heavy atom. The van der Waals surface area contributed by atoms with Gasteiger partial charge in [-0.2, -0.15) is 0 Å². The number of benzene rings is 1. The lowest BCUT2D eigenvalue weighted by Gasteiger charge is -2.20. The largest absolute Gasteiger partial charge is 0.338 e. The molecule has 27 heavy (non-hydrogen) atoms. The maximum Gasteiger partial charge on any atom is 0.315 e. The second-order valence-corrected chi connectivity index (χ2v) is 7.39. The number of halogens is 1. The number of urea groups is 1. The molecule has 0 aromatic heterocycles. The third kappa shape index (κ3) is 5.92. The molecular weight excluding hydrogens is 347 g/mol. The molecule has 0 bridgehead atoms. The van der Waals surface area contributed by atoms with Crippen molar-refractivity contribution in [3.8, 4) is 0 Å². The van der Waals surface area contributed by atoms with Gasteiger partial charge in [0.15, 0.2) is 0 Å². The molecule has 7 heteroatoms. The number of likely N-dealkylation sites (tertiary alicyclic amines) is 1.